The van der Waals surface area contributed by atoms with E-state index in [2.05, 4.69) is 11.7 Å². The van der Waals surface area contributed by atoms with Gasteiger partial charge in [0.2, 0.25) is 0 Å². The molecule has 2 aromatic heterocycles. The maximum Gasteiger partial charge on any atom is 0.279 e. The normalized spacial score (nSPS) is 11.7. The van der Waals surface area contributed by atoms with Crippen molar-refractivity contribution in [3.05, 3.63) is 98.7 Å². The van der Waals surface area contributed by atoms with Crippen LogP contribution in [0.25, 0.3) is 29.7 Å². The fourth-order valence-electron chi connectivity index (χ4n) is 3.04. The predicted molar refractivity (Wildman–Crippen MR) is 109 cm³/mol. The summed E-state index contributed by atoms with van der Waals surface area (Å²) in [6.07, 6.45) is 1.60. The highest BCUT2D eigenvalue weighted by molar-refractivity contribution is 5.95. The van der Waals surface area contributed by atoms with Crippen LogP contribution in [0.3, 0.4) is 0 Å². The van der Waals surface area contributed by atoms with E-state index < -0.39 is 0 Å². The smallest absolute Gasteiger partial charge is 0.279 e. The van der Waals surface area contributed by atoms with Gasteiger partial charge >= 0.3 is 0 Å². The maximum atomic E-state index is 13.1. The highest BCUT2D eigenvalue weighted by Crippen LogP contribution is 2.23. The van der Waals surface area contributed by atoms with E-state index in [-0.39, 0.29) is 17.2 Å². The molecule has 144 valence electrons. The minimum absolute atomic E-state index is 0.0273. The Morgan fingerprint density at radius 2 is 1.90 bits per heavy atom. The molecular weight excluding hydrogens is 371 g/mol. The van der Waals surface area contributed by atoms with Crippen LogP contribution in [0.15, 0.2) is 69.9 Å². The maximum absolute atomic E-state index is 13.1. The minimum atomic E-state index is -0.382. The summed E-state index contributed by atoms with van der Waals surface area (Å²) >= 11 is 0. The van der Waals surface area contributed by atoms with Crippen molar-refractivity contribution in [1.82, 2.24) is 9.78 Å². The summed E-state index contributed by atoms with van der Waals surface area (Å²) in [6, 6.07) is 16.2. The van der Waals surface area contributed by atoms with Crippen LogP contribution >= 0.6 is 0 Å². The molecule has 2 aromatic carbocycles. The van der Waals surface area contributed by atoms with E-state index in [0.29, 0.717) is 33.3 Å². The Morgan fingerprint density at radius 3 is 2.62 bits per heavy atom. The number of nitrogens with one attached hydrogen (secondary N) is 1. The van der Waals surface area contributed by atoms with Crippen LogP contribution in [0.1, 0.15) is 23.0 Å². The van der Waals surface area contributed by atoms with Crippen molar-refractivity contribution < 1.29 is 13.6 Å². The first-order chi connectivity index (χ1) is 13.9. The Bertz CT molecular complexity index is 1370. The third-order valence-electron chi connectivity index (χ3n) is 4.56. The molecule has 0 bridgehead atoms. The molecule has 0 atom stereocenters. The fraction of sp³-hybridized carbons (Fsp3) is 0.0435. The van der Waals surface area contributed by atoms with Crippen molar-refractivity contribution in [2.75, 3.05) is 0 Å². The number of furan rings is 1. The Labute approximate surface area is 165 Å². The molecule has 0 amide bonds. The average molecular weight is 388 g/mol. The molecule has 29 heavy (non-hydrogen) atoms. The van der Waals surface area contributed by atoms with Crippen molar-refractivity contribution in [1.29, 1.82) is 0 Å². The van der Waals surface area contributed by atoms with Crippen LogP contribution in [0.4, 0.5) is 4.39 Å². The Morgan fingerprint density at radius 1 is 1.14 bits per heavy atom. The van der Waals surface area contributed by atoms with E-state index in [1.807, 2.05) is 6.07 Å². The first-order valence-corrected chi connectivity index (χ1v) is 8.91. The van der Waals surface area contributed by atoms with Gasteiger partial charge in [0.1, 0.15) is 17.3 Å². The third kappa shape index (κ3) is 3.60. The first-order valence-electron chi connectivity index (χ1n) is 8.91. The van der Waals surface area contributed by atoms with Gasteiger partial charge in [-0.1, -0.05) is 24.8 Å². The summed E-state index contributed by atoms with van der Waals surface area (Å²) < 4.78 is 20.3. The van der Waals surface area contributed by atoms with Gasteiger partial charge in [0.25, 0.3) is 5.56 Å². The lowest BCUT2D eigenvalue weighted by atomic mass is 10.1. The molecule has 0 saturated heterocycles. The quantitative estimate of drug-likeness (QED) is 0.547. The Kier molecular flexibility index (Phi) is 4.60. The minimum Gasteiger partial charge on any atom is -0.457 e. The zero-order valence-electron chi connectivity index (χ0n) is 15.6. The molecule has 0 radical (unpaired) electrons. The highest BCUT2D eigenvalue weighted by atomic mass is 19.1. The summed E-state index contributed by atoms with van der Waals surface area (Å²) in [5, 5.41) is 3.64. The largest absolute Gasteiger partial charge is 0.457 e. The number of benzene rings is 2. The van der Waals surface area contributed by atoms with Crippen molar-refractivity contribution in [2.45, 2.75) is 6.92 Å². The number of ketones is 1. The molecule has 4 aromatic rings. The molecule has 6 heteroatoms. The summed E-state index contributed by atoms with van der Waals surface area (Å²) in [5.41, 5.74) is 1.54. The van der Waals surface area contributed by atoms with Crippen LogP contribution in [-0.2, 0) is 0 Å². The van der Waals surface area contributed by atoms with Gasteiger partial charge in [-0.15, -0.1) is 0 Å². The SMILES string of the molecule is C=c1[nH]n(-c2ccc(F)cc2)c(=O)/c1=C\c1ccc(-c2cccc(C(C)=O)c2)o1. The standard InChI is InChI=1S/C23H17FN2O3/c1-14-21(23(28)26(25-14)19-8-6-18(24)7-9-19)13-20-10-11-22(29-20)17-5-3-4-16(12-17)15(2)27/h3-13,25H,1H2,2H3/b21-13-. The second kappa shape index (κ2) is 7.24. The number of carbonyl (C=O) groups is 1. The third-order valence-corrected chi connectivity index (χ3v) is 4.56. The number of rotatable bonds is 4. The number of hydrogen-bond acceptors (Lipinski definition) is 3. The predicted octanol–water partition coefficient (Wildman–Crippen LogP) is 3.01. The molecule has 0 spiro atoms. The van der Waals surface area contributed by atoms with Crippen molar-refractivity contribution in [3.63, 3.8) is 0 Å². The highest BCUT2D eigenvalue weighted by Gasteiger charge is 2.09. The van der Waals surface area contributed by atoms with Crippen molar-refractivity contribution in [3.8, 4) is 17.0 Å². The number of halogens is 1. The summed E-state index contributed by atoms with van der Waals surface area (Å²) in [4.78, 5) is 24.3. The van der Waals surface area contributed by atoms with Gasteiger partial charge in [-0.05, 0) is 55.5 Å². The summed E-state index contributed by atoms with van der Waals surface area (Å²) in [7, 11) is 0. The van der Waals surface area contributed by atoms with Gasteiger partial charge in [-0.2, -0.15) is 0 Å². The molecule has 2 heterocycles. The molecule has 0 aliphatic rings. The van der Waals surface area contributed by atoms with Crippen LogP contribution in [-0.4, -0.2) is 15.6 Å². The lowest BCUT2D eigenvalue weighted by molar-refractivity contribution is 0.101. The van der Waals surface area contributed by atoms with Crippen LogP contribution in [0.2, 0.25) is 0 Å². The number of Topliss-reactive ketones (excluding diaryl/α,β-unsaturated/α-hetero) is 1. The number of hydrogen-bond donors (Lipinski definition) is 1. The second-order valence-electron chi connectivity index (χ2n) is 6.60. The van der Waals surface area contributed by atoms with Gasteiger partial charge in [0.15, 0.2) is 5.78 Å². The Balaban J connectivity index is 1.74. The van der Waals surface area contributed by atoms with Gasteiger partial charge in [-0.3, -0.25) is 14.7 Å². The van der Waals surface area contributed by atoms with Crippen molar-refractivity contribution in [2.24, 2.45) is 0 Å². The molecule has 0 unspecified atom stereocenters. The number of nitrogens with zero attached hydrogens (tertiary/aromatic N) is 1. The monoisotopic (exact) mass is 388 g/mol. The molecule has 0 aliphatic heterocycles. The van der Waals surface area contributed by atoms with Gasteiger partial charge in [-0.25, -0.2) is 9.07 Å². The summed E-state index contributed by atoms with van der Waals surface area (Å²) in [5.74, 6) is 0.646. The Hall–Kier alpha value is -3.93. The lowest BCUT2D eigenvalue weighted by Crippen LogP contribution is -2.33. The van der Waals surface area contributed by atoms with Gasteiger partial charge in [0, 0.05) is 11.1 Å². The molecule has 0 aliphatic carbocycles. The van der Waals surface area contributed by atoms with E-state index in [1.165, 1.54) is 35.9 Å². The molecular formula is C23H17FN2O3. The van der Waals surface area contributed by atoms with E-state index in [9.17, 15) is 14.0 Å². The van der Waals surface area contributed by atoms with Gasteiger partial charge < -0.3 is 4.42 Å². The molecule has 0 saturated carbocycles. The number of H-pyrrole nitrogens is 1. The fourth-order valence-corrected chi connectivity index (χ4v) is 3.04. The van der Waals surface area contributed by atoms with E-state index >= 15 is 0 Å². The molecule has 4 rings (SSSR count). The first kappa shape index (κ1) is 18.4. The summed E-state index contributed by atoms with van der Waals surface area (Å²) in [6.45, 7) is 5.38. The number of aromatic amines is 1. The zero-order valence-corrected chi connectivity index (χ0v) is 15.6. The molecule has 5 nitrogen and oxygen atoms in total. The van der Waals surface area contributed by atoms with Crippen LogP contribution < -0.4 is 16.1 Å². The number of aromatic nitrogens is 2. The molecule has 0 fully saturated rings. The van der Waals surface area contributed by atoms with E-state index in [1.54, 1.807) is 36.4 Å². The van der Waals surface area contributed by atoms with Crippen molar-refractivity contribution >= 4 is 18.4 Å². The van der Waals surface area contributed by atoms with E-state index in [4.69, 9.17) is 4.42 Å². The zero-order chi connectivity index (χ0) is 20.5. The average Bonchev–Trinajstić information content (AvgIpc) is 3.29. The van der Waals surface area contributed by atoms with Gasteiger partial charge in [0.05, 0.1) is 16.3 Å². The van der Waals surface area contributed by atoms with E-state index in [0.717, 1.165) is 5.56 Å². The number of carbonyl (C=O) groups excluding carboxylic acids is 1. The lowest BCUT2D eigenvalue weighted by Gasteiger charge is -2.00. The second-order valence-corrected chi connectivity index (χ2v) is 6.60. The van der Waals surface area contributed by atoms with Crippen LogP contribution in [0.5, 0.6) is 0 Å². The van der Waals surface area contributed by atoms with Crippen LogP contribution in [0, 0.1) is 5.82 Å². The molecule has 1 N–H and O–H groups in total. The topological polar surface area (TPSA) is 68.0 Å².